The monoisotopic (exact) mass is 438 g/mol. The maximum atomic E-state index is 3.53. The highest BCUT2D eigenvalue weighted by atomic mass is 35.5. The van der Waals surface area contributed by atoms with E-state index in [0.29, 0.717) is 0 Å². The molecule has 0 fully saturated rings. The first-order valence-electron chi connectivity index (χ1n) is 10.9. The summed E-state index contributed by atoms with van der Waals surface area (Å²) in [4.78, 5) is 0. The van der Waals surface area contributed by atoms with Crippen LogP contribution < -0.4 is 10.6 Å². The van der Waals surface area contributed by atoms with Gasteiger partial charge in [-0.2, -0.15) is 0 Å². The molecule has 0 aliphatic rings. The summed E-state index contributed by atoms with van der Waals surface area (Å²) in [5.74, 6) is 0. The van der Waals surface area contributed by atoms with Gasteiger partial charge in [0.1, 0.15) is 0 Å². The molecular weight excluding hydrogens is 399 g/mol. The molecular formula is C25H40Cl2N2. The highest BCUT2D eigenvalue weighted by Gasteiger charge is 1.99. The van der Waals surface area contributed by atoms with E-state index in [9.17, 15) is 0 Å². The van der Waals surface area contributed by atoms with E-state index in [-0.39, 0.29) is 24.8 Å². The van der Waals surface area contributed by atoms with Gasteiger partial charge >= 0.3 is 0 Å². The Bertz CT molecular complexity index is 556. The number of benzene rings is 2. The van der Waals surface area contributed by atoms with Crippen LogP contribution in [0.4, 0.5) is 0 Å². The van der Waals surface area contributed by atoms with Gasteiger partial charge in [-0.1, -0.05) is 88.1 Å². The molecule has 0 aliphatic carbocycles. The average molecular weight is 440 g/mol. The second kappa shape index (κ2) is 17.8. The molecule has 0 atom stereocenters. The average Bonchev–Trinajstić information content (AvgIpc) is 2.70. The fourth-order valence-corrected chi connectivity index (χ4v) is 3.25. The first-order valence-corrected chi connectivity index (χ1v) is 10.9. The minimum absolute atomic E-state index is 0. The Hall–Kier alpha value is -1.06. The second-order valence-electron chi connectivity index (χ2n) is 7.58. The third kappa shape index (κ3) is 12.3. The van der Waals surface area contributed by atoms with Crippen LogP contribution in [0.15, 0.2) is 48.5 Å². The van der Waals surface area contributed by atoms with E-state index in [0.717, 1.165) is 32.6 Å². The van der Waals surface area contributed by atoms with Gasteiger partial charge in [-0.05, 0) is 54.6 Å². The fourth-order valence-electron chi connectivity index (χ4n) is 3.25. The molecule has 0 saturated heterocycles. The van der Waals surface area contributed by atoms with Crippen molar-refractivity contribution in [2.75, 3.05) is 13.1 Å². The maximum Gasteiger partial charge on any atom is 0.0205 e. The van der Waals surface area contributed by atoms with Gasteiger partial charge < -0.3 is 10.6 Å². The van der Waals surface area contributed by atoms with Crippen LogP contribution in [0, 0.1) is 0 Å². The van der Waals surface area contributed by atoms with E-state index in [2.05, 4.69) is 73.0 Å². The highest BCUT2D eigenvalue weighted by Crippen LogP contribution is 2.12. The van der Waals surface area contributed by atoms with E-state index >= 15 is 0 Å². The van der Waals surface area contributed by atoms with Crippen molar-refractivity contribution in [3.05, 3.63) is 70.8 Å². The number of hydrogen-bond acceptors (Lipinski definition) is 2. The Labute approximate surface area is 191 Å². The lowest BCUT2D eigenvalue weighted by Crippen LogP contribution is -2.14. The number of hydrogen-bond donors (Lipinski definition) is 2. The summed E-state index contributed by atoms with van der Waals surface area (Å²) in [5, 5.41) is 7.07. The van der Waals surface area contributed by atoms with Crippen molar-refractivity contribution in [3.8, 4) is 0 Å². The Balaban J connectivity index is 0.00000392. The van der Waals surface area contributed by atoms with E-state index in [4.69, 9.17) is 0 Å². The number of rotatable bonds is 14. The van der Waals surface area contributed by atoms with Crippen molar-refractivity contribution in [1.29, 1.82) is 0 Å². The Kier molecular flexibility index (Phi) is 17.1. The molecule has 0 bridgehead atoms. The van der Waals surface area contributed by atoms with Crippen molar-refractivity contribution < 1.29 is 0 Å². The predicted octanol–water partition coefficient (Wildman–Crippen LogP) is 6.68. The van der Waals surface area contributed by atoms with Gasteiger partial charge in [-0.3, -0.25) is 0 Å². The summed E-state index contributed by atoms with van der Waals surface area (Å²) < 4.78 is 0. The quantitative estimate of drug-likeness (QED) is 0.321. The van der Waals surface area contributed by atoms with Crippen molar-refractivity contribution in [2.45, 2.75) is 71.9 Å². The summed E-state index contributed by atoms with van der Waals surface area (Å²) >= 11 is 0. The van der Waals surface area contributed by atoms with E-state index in [1.807, 2.05) is 0 Å². The first kappa shape index (κ1) is 27.9. The SMILES string of the molecule is CCCCCNCc1ccc(Cc2ccc(CNCCCCC)cc2)cc1.Cl.Cl. The Morgan fingerprint density at radius 1 is 0.517 bits per heavy atom. The van der Waals surface area contributed by atoms with Gasteiger partial charge in [0, 0.05) is 13.1 Å². The molecule has 0 spiro atoms. The lowest BCUT2D eigenvalue weighted by atomic mass is 10.0. The predicted molar refractivity (Wildman–Crippen MR) is 133 cm³/mol. The van der Waals surface area contributed by atoms with Crippen LogP contribution in [0.2, 0.25) is 0 Å². The molecule has 0 aliphatic heterocycles. The largest absolute Gasteiger partial charge is 0.313 e. The van der Waals surface area contributed by atoms with Crippen molar-refractivity contribution >= 4 is 24.8 Å². The fraction of sp³-hybridized carbons (Fsp3) is 0.520. The van der Waals surface area contributed by atoms with Crippen LogP contribution in [0.25, 0.3) is 0 Å². The normalized spacial score (nSPS) is 10.3. The Morgan fingerprint density at radius 2 is 0.862 bits per heavy atom. The molecule has 2 aromatic rings. The molecule has 0 saturated carbocycles. The molecule has 2 aromatic carbocycles. The van der Waals surface area contributed by atoms with Crippen LogP contribution in [0.5, 0.6) is 0 Å². The molecule has 29 heavy (non-hydrogen) atoms. The summed E-state index contributed by atoms with van der Waals surface area (Å²) in [7, 11) is 0. The van der Waals surface area contributed by atoms with E-state index < -0.39 is 0 Å². The minimum atomic E-state index is 0. The van der Waals surface area contributed by atoms with Gasteiger partial charge in [0.2, 0.25) is 0 Å². The van der Waals surface area contributed by atoms with Gasteiger partial charge in [0.25, 0.3) is 0 Å². The van der Waals surface area contributed by atoms with Crippen molar-refractivity contribution in [3.63, 3.8) is 0 Å². The molecule has 2 nitrogen and oxygen atoms in total. The highest BCUT2D eigenvalue weighted by molar-refractivity contribution is 5.85. The third-order valence-corrected chi connectivity index (χ3v) is 5.03. The number of nitrogens with one attached hydrogen (secondary N) is 2. The molecule has 0 unspecified atom stereocenters. The maximum absolute atomic E-state index is 3.53. The second-order valence-corrected chi connectivity index (χ2v) is 7.58. The molecule has 0 amide bonds. The van der Waals surface area contributed by atoms with Crippen molar-refractivity contribution in [1.82, 2.24) is 10.6 Å². The molecule has 0 heterocycles. The van der Waals surface area contributed by atoms with Gasteiger partial charge in [-0.25, -0.2) is 0 Å². The van der Waals surface area contributed by atoms with Crippen LogP contribution in [0.3, 0.4) is 0 Å². The van der Waals surface area contributed by atoms with E-state index in [1.54, 1.807) is 0 Å². The lowest BCUT2D eigenvalue weighted by molar-refractivity contribution is 0.616. The van der Waals surface area contributed by atoms with Crippen molar-refractivity contribution in [2.24, 2.45) is 0 Å². The summed E-state index contributed by atoms with van der Waals surface area (Å²) in [6.07, 6.45) is 8.77. The van der Waals surface area contributed by atoms with Crippen LogP contribution in [-0.2, 0) is 19.5 Å². The zero-order valence-corrected chi connectivity index (χ0v) is 19.8. The number of unbranched alkanes of at least 4 members (excludes halogenated alkanes) is 4. The first-order chi connectivity index (χ1) is 13.3. The zero-order chi connectivity index (χ0) is 19.2. The summed E-state index contributed by atoms with van der Waals surface area (Å²) in [6.45, 7) is 8.69. The molecule has 0 radical (unpaired) electrons. The summed E-state index contributed by atoms with van der Waals surface area (Å²) in [5.41, 5.74) is 5.52. The molecule has 2 rings (SSSR count). The van der Waals surface area contributed by atoms with Gasteiger partial charge in [0.05, 0.1) is 0 Å². The van der Waals surface area contributed by atoms with Gasteiger partial charge in [0.15, 0.2) is 0 Å². The third-order valence-electron chi connectivity index (χ3n) is 5.03. The van der Waals surface area contributed by atoms with Crippen LogP contribution in [-0.4, -0.2) is 13.1 Å². The lowest BCUT2D eigenvalue weighted by Gasteiger charge is -2.08. The smallest absolute Gasteiger partial charge is 0.0205 e. The summed E-state index contributed by atoms with van der Waals surface area (Å²) in [6, 6.07) is 18.1. The topological polar surface area (TPSA) is 24.1 Å². The number of halogens is 2. The molecule has 2 N–H and O–H groups in total. The Morgan fingerprint density at radius 3 is 1.21 bits per heavy atom. The molecule has 4 heteroatoms. The zero-order valence-electron chi connectivity index (χ0n) is 18.2. The van der Waals surface area contributed by atoms with Crippen LogP contribution in [0.1, 0.15) is 74.6 Å². The standard InChI is InChI=1S/C25H38N2.2ClH/c1-3-5-7-17-26-20-24-13-9-22(10-14-24)19-23-11-15-25(16-12-23)21-27-18-8-6-4-2;;/h9-16,26-27H,3-8,17-21H2,1-2H3;2*1H. The molecule has 164 valence electrons. The molecule has 0 aromatic heterocycles. The van der Waals surface area contributed by atoms with Crippen LogP contribution >= 0.6 is 24.8 Å². The minimum Gasteiger partial charge on any atom is -0.313 e. The van der Waals surface area contributed by atoms with E-state index in [1.165, 1.54) is 60.8 Å². The van der Waals surface area contributed by atoms with Gasteiger partial charge in [-0.15, -0.1) is 24.8 Å².